The van der Waals surface area contributed by atoms with Crippen LogP contribution in [0.2, 0.25) is 10.0 Å². The van der Waals surface area contributed by atoms with Gasteiger partial charge in [-0.2, -0.15) is 5.10 Å². The van der Waals surface area contributed by atoms with Crippen molar-refractivity contribution in [1.29, 1.82) is 0 Å². The van der Waals surface area contributed by atoms with Gasteiger partial charge in [-0.15, -0.1) is 0 Å². The number of anilines is 1. The molecule has 0 aliphatic rings. The van der Waals surface area contributed by atoms with Gasteiger partial charge >= 0.3 is 0 Å². The highest BCUT2D eigenvalue weighted by molar-refractivity contribution is 6.42. The molecule has 0 saturated heterocycles. The highest BCUT2D eigenvalue weighted by Gasteiger charge is 2.24. The molecule has 36 heavy (non-hydrogen) atoms. The van der Waals surface area contributed by atoms with E-state index in [1.165, 1.54) is 11.0 Å². The molecule has 0 spiro atoms. The molecule has 0 radical (unpaired) electrons. The molecule has 0 unspecified atom stereocenters. The van der Waals surface area contributed by atoms with E-state index in [1.807, 2.05) is 44.2 Å². The molecule has 0 aliphatic heterocycles. The van der Waals surface area contributed by atoms with Crippen LogP contribution >= 0.6 is 23.2 Å². The number of aromatic nitrogens is 2. The number of hydrogen-bond donors (Lipinski definition) is 1. The van der Waals surface area contributed by atoms with E-state index in [0.717, 1.165) is 17.1 Å². The molecule has 3 rings (SSSR count). The van der Waals surface area contributed by atoms with E-state index >= 15 is 0 Å². The van der Waals surface area contributed by atoms with Gasteiger partial charge in [-0.25, -0.2) is 4.68 Å². The molecule has 2 amide bonds. The smallest absolute Gasteiger partial charge is 0.254 e. The van der Waals surface area contributed by atoms with Crippen molar-refractivity contribution in [3.05, 3.63) is 69.8 Å². The van der Waals surface area contributed by atoms with Crippen molar-refractivity contribution in [3.8, 4) is 11.4 Å². The van der Waals surface area contributed by atoms with Crippen LogP contribution in [-0.4, -0.2) is 46.7 Å². The van der Waals surface area contributed by atoms with Crippen LogP contribution < -0.4 is 10.1 Å². The van der Waals surface area contributed by atoms with Gasteiger partial charge in [-0.3, -0.25) is 9.59 Å². The fourth-order valence-corrected chi connectivity index (χ4v) is 3.88. The molecule has 0 fully saturated rings. The molecule has 1 aromatic heterocycles. The van der Waals surface area contributed by atoms with Gasteiger partial charge in [0.1, 0.15) is 18.1 Å². The molecule has 0 bridgehead atoms. The van der Waals surface area contributed by atoms with Crippen LogP contribution in [0.3, 0.4) is 0 Å². The Bertz CT molecular complexity index is 1230. The summed E-state index contributed by atoms with van der Waals surface area (Å²) in [6.07, 6.45) is 0. The number of nitrogens with one attached hydrogen (secondary N) is 1. The SMILES string of the molecule is COc1ccc(-n2nc(C(C)(C)C)cc2NC(=O)CN(CC(C)C)C(=O)c2ccc(Cl)c(Cl)c2)cc1. The molecule has 7 nitrogen and oxygen atoms in total. The van der Waals surface area contributed by atoms with Crippen molar-refractivity contribution in [2.24, 2.45) is 5.92 Å². The first-order valence-corrected chi connectivity index (χ1v) is 12.4. The fourth-order valence-electron chi connectivity index (χ4n) is 3.58. The molecule has 2 aromatic carbocycles. The van der Waals surface area contributed by atoms with Crippen LogP contribution in [0, 0.1) is 5.92 Å². The Labute approximate surface area is 222 Å². The summed E-state index contributed by atoms with van der Waals surface area (Å²) in [5.74, 6) is 0.761. The highest BCUT2D eigenvalue weighted by atomic mass is 35.5. The van der Waals surface area contributed by atoms with Crippen LogP contribution in [0.4, 0.5) is 5.82 Å². The van der Waals surface area contributed by atoms with Gasteiger partial charge in [0.25, 0.3) is 5.91 Å². The summed E-state index contributed by atoms with van der Waals surface area (Å²) >= 11 is 12.1. The van der Waals surface area contributed by atoms with E-state index < -0.39 is 0 Å². The Morgan fingerprint density at radius 1 is 1.06 bits per heavy atom. The summed E-state index contributed by atoms with van der Waals surface area (Å²) in [6.45, 7) is 10.4. The lowest BCUT2D eigenvalue weighted by Gasteiger charge is -2.24. The Hall–Kier alpha value is -3.03. The number of halogens is 2. The third-order valence-electron chi connectivity index (χ3n) is 5.44. The van der Waals surface area contributed by atoms with E-state index in [-0.39, 0.29) is 34.7 Å². The molecule has 192 valence electrons. The lowest BCUT2D eigenvalue weighted by atomic mass is 9.92. The molecule has 0 saturated carbocycles. The van der Waals surface area contributed by atoms with E-state index in [9.17, 15) is 9.59 Å². The largest absolute Gasteiger partial charge is 0.497 e. The standard InChI is InChI=1S/C27H32Cl2N4O3/c1-17(2)15-32(26(35)18-7-12-21(28)22(29)13-18)16-25(34)30-24-14-23(27(3,4)5)31-33(24)19-8-10-20(36-6)11-9-19/h7-14,17H,15-16H2,1-6H3,(H,30,34). The monoisotopic (exact) mass is 530 g/mol. The van der Waals surface area contributed by atoms with Crippen molar-refractivity contribution < 1.29 is 14.3 Å². The topological polar surface area (TPSA) is 76.5 Å². The second kappa shape index (κ2) is 11.4. The zero-order valence-electron chi connectivity index (χ0n) is 21.4. The number of methoxy groups -OCH3 is 1. The number of benzene rings is 2. The Morgan fingerprint density at radius 3 is 2.28 bits per heavy atom. The first-order valence-electron chi connectivity index (χ1n) is 11.7. The van der Waals surface area contributed by atoms with Gasteiger partial charge in [0, 0.05) is 23.6 Å². The minimum absolute atomic E-state index is 0.129. The molecular weight excluding hydrogens is 499 g/mol. The van der Waals surface area contributed by atoms with Gasteiger partial charge in [0.15, 0.2) is 0 Å². The summed E-state index contributed by atoms with van der Waals surface area (Å²) < 4.78 is 6.94. The zero-order chi connectivity index (χ0) is 26.6. The predicted octanol–water partition coefficient (Wildman–Crippen LogP) is 6.22. The molecule has 0 aliphatic carbocycles. The van der Waals surface area contributed by atoms with Crippen molar-refractivity contribution in [2.45, 2.75) is 40.0 Å². The number of hydrogen-bond acceptors (Lipinski definition) is 4. The van der Waals surface area contributed by atoms with Crippen molar-refractivity contribution in [3.63, 3.8) is 0 Å². The molecular formula is C27H32Cl2N4O3. The number of carbonyl (C=O) groups is 2. The van der Waals surface area contributed by atoms with Crippen molar-refractivity contribution in [1.82, 2.24) is 14.7 Å². The second-order valence-corrected chi connectivity index (χ2v) is 10.8. The summed E-state index contributed by atoms with van der Waals surface area (Å²) in [6, 6.07) is 14.0. The number of rotatable bonds is 8. The highest BCUT2D eigenvalue weighted by Crippen LogP contribution is 2.27. The number of ether oxygens (including phenoxy) is 1. The maximum atomic E-state index is 13.2. The number of nitrogens with zero attached hydrogens (tertiary/aromatic N) is 3. The van der Waals surface area contributed by atoms with Crippen LogP contribution in [0.15, 0.2) is 48.5 Å². The maximum Gasteiger partial charge on any atom is 0.254 e. The van der Waals surface area contributed by atoms with E-state index in [0.29, 0.717) is 22.9 Å². The fraction of sp³-hybridized carbons (Fsp3) is 0.370. The van der Waals surface area contributed by atoms with Gasteiger partial charge in [-0.05, 0) is 48.4 Å². The minimum atomic E-state index is -0.334. The van der Waals surface area contributed by atoms with E-state index in [2.05, 4.69) is 26.1 Å². The molecule has 3 aromatic rings. The summed E-state index contributed by atoms with van der Waals surface area (Å²) in [5.41, 5.74) is 1.73. The number of carbonyl (C=O) groups excluding carboxylic acids is 2. The average molecular weight is 531 g/mol. The Balaban J connectivity index is 1.88. The first kappa shape index (κ1) is 27.6. The second-order valence-electron chi connectivity index (χ2n) is 10.0. The number of amides is 2. The molecule has 1 heterocycles. The van der Waals surface area contributed by atoms with E-state index in [1.54, 1.807) is 23.9 Å². The predicted molar refractivity (Wildman–Crippen MR) is 145 cm³/mol. The lowest BCUT2D eigenvalue weighted by Crippen LogP contribution is -2.40. The van der Waals surface area contributed by atoms with Gasteiger partial charge in [0.2, 0.25) is 5.91 Å². The Morgan fingerprint density at radius 2 is 1.72 bits per heavy atom. The quantitative estimate of drug-likeness (QED) is 0.374. The van der Waals surface area contributed by atoms with Gasteiger partial charge < -0.3 is 15.0 Å². The zero-order valence-corrected chi connectivity index (χ0v) is 22.9. The van der Waals surface area contributed by atoms with Gasteiger partial charge in [0.05, 0.1) is 28.5 Å². The molecule has 9 heteroatoms. The van der Waals surface area contributed by atoms with Crippen LogP contribution in [-0.2, 0) is 10.2 Å². The third kappa shape index (κ3) is 6.80. The summed E-state index contributed by atoms with van der Waals surface area (Å²) in [4.78, 5) is 27.9. The Kier molecular flexibility index (Phi) is 8.69. The van der Waals surface area contributed by atoms with Crippen molar-refractivity contribution in [2.75, 3.05) is 25.5 Å². The third-order valence-corrected chi connectivity index (χ3v) is 6.18. The normalized spacial score (nSPS) is 11.5. The van der Waals surface area contributed by atoms with Crippen LogP contribution in [0.5, 0.6) is 5.75 Å². The summed E-state index contributed by atoms with van der Waals surface area (Å²) in [5, 5.41) is 8.34. The van der Waals surface area contributed by atoms with Gasteiger partial charge in [-0.1, -0.05) is 57.8 Å². The maximum absolute atomic E-state index is 13.2. The summed E-state index contributed by atoms with van der Waals surface area (Å²) in [7, 11) is 1.61. The molecule has 1 N–H and O–H groups in total. The first-order chi connectivity index (χ1) is 16.9. The van der Waals surface area contributed by atoms with Crippen LogP contribution in [0.25, 0.3) is 5.69 Å². The van der Waals surface area contributed by atoms with Crippen LogP contribution in [0.1, 0.15) is 50.7 Å². The van der Waals surface area contributed by atoms with Crippen molar-refractivity contribution >= 4 is 40.8 Å². The molecule has 0 atom stereocenters. The minimum Gasteiger partial charge on any atom is -0.497 e. The average Bonchev–Trinajstić information content (AvgIpc) is 3.24. The van der Waals surface area contributed by atoms with E-state index in [4.69, 9.17) is 33.0 Å². The lowest BCUT2D eigenvalue weighted by molar-refractivity contribution is -0.117.